The maximum atomic E-state index is 5.93. The molecule has 5 heterocycles. The molecular formula is C46H44BN3S2. The van der Waals surface area contributed by atoms with Crippen LogP contribution in [0.2, 0.25) is 0 Å². The fourth-order valence-corrected chi connectivity index (χ4v) is 12.3. The summed E-state index contributed by atoms with van der Waals surface area (Å²) in [6, 6.07) is 34.5. The number of anilines is 6. The van der Waals surface area contributed by atoms with Crippen LogP contribution >= 0.6 is 22.7 Å². The summed E-state index contributed by atoms with van der Waals surface area (Å²) in [5.41, 5.74) is 14.1. The summed E-state index contributed by atoms with van der Waals surface area (Å²) in [7, 11) is 0. The van der Waals surface area contributed by atoms with Gasteiger partial charge in [0, 0.05) is 52.1 Å². The molecule has 3 aromatic heterocycles. The Morgan fingerprint density at radius 1 is 0.654 bits per heavy atom. The van der Waals surface area contributed by atoms with E-state index in [2.05, 4.69) is 163 Å². The molecule has 0 amide bonds. The zero-order valence-corrected chi connectivity index (χ0v) is 33.2. The molecule has 0 radical (unpaired) electrons. The van der Waals surface area contributed by atoms with Crippen molar-refractivity contribution in [1.82, 2.24) is 4.98 Å². The molecule has 4 aromatic carbocycles. The number of fused-ring (bicyclic) bond motifs is 10. The number of aryl methyl sites for hydroxylation is 2. The quantitative estimate of drug-likeness (QED) is 0.166. The normalized spacial score (nSPS) is 16.7. The number of hydrogen-bond acceptors (Lipinski definition) is 5. The van der Waals surface area contributed by atoms with Gasteiger partial charge in [-0.15, -0.1) is 22.7 Å². The van der Waals surface area contributed by atoms with Crippen molar-refractivity contribution in [3.05, 3.63) is 119 Å². The van der Waals surface area contributed by atoms with Crippen LogP contribution < -0.4 is 24.8 Å². The molecule has 0 fully saturated rings. The molecule has 3 aliphatic rings. The molecular weight excluding hydrogens is 669 g/mol. The molecule has 0 bridgehead atoms. The molecule has 1 aliphatic carbocycles. The highest BCUT2D eigenvalue weighted by molar-refractivity contribution is 7.40. The van der Waals surface area contributed by atoms with Crippen LogP contribution in [-0.2, 0) is 16.2 Å². The highest BCUT2D eigenvalue weighted by atomic mass is 32.1. The second kappa shape index (κ2) is 10.6. The Morgan fingerprint density at radius 3 is 1.92 bits per heavy atom. The van der Waals surface area contributed by atoms with Gasteiger partial charge in [-0.2, -0.15) is 0 Å². The molecule has 7 aromatic rings. The smallest absolute Gasteiger partial charge is 0.279 e. The van der Waals surface area contributed by atoms with Crippen LogP contribution in [0.4, 0.5) is 34.3 Å². The lowest BCUT2D eigenvalue weighted by Gasteiger charge is -2.43. The summed E-state index contributed by atoms with van der Waals surface area (Å²) < 4.78 is 5.52. The number of aromatic nitrogens is 1. The van der Waals surface area contributed by atoms with Crippen molar-refractivity contribution in [1.29, 1.82) is 0 Å². The van der Waals surface area contributed by atoms with E-state index in [0.717, 1.165) is 12.2 Å². The molecule has 2 aliphatic heterocycles. The third kappa shape index (κ3) is 4.40. The van der Waals surface area contributed by atoms with E-state index in [4.69, 9.17) is 4.98 Å². The Balaban J connectivity index is 1.43. The monoisotopic (exact) mass is 713 g/mol. The molecule has 10 rings (SSSR count). The predicted octanol–water partition coefficient (Wildman–Crippen LogP) is 11.5. The van der Waals surface area contributed by atoms with Gasteiger partial charge in [0.2, 0.25) is 0 Å². The number of para-hydroxylation sites is 1. The molecule has 52 heavy (non-hydrogen) atoms. The Kier molecular flexibility index (Phi) is 6.59. The highest BCUT2D eigenvalue weighted by Gasteiger charge is 2.54. The first-order chi connectivity index (χ1) is 24.7. The van der Waals surface area contributed by atoms with Gasteiger partial charge >= 0.3 is 0 Å². The molecule has 0 N–H and O–H groups in total. The molecule has 0 unspecified atom stereocenters. The van der Waals surface area contributed by atoms with E-state index in [0.29, 0.717) is 0 Å². The van der Waals surface area contributed by atoms with E-state index in [-0.39, 0.29) is 23.0 Å². The number of benzene rings is 4. The zero-order chi connectivity index (χ0) is 36.1. The zero-order valence-electron chi connectivity index (χ0n) is 31.6. The van der Waals surface area contributed by atoms with Crippen LogP contribution in [0.3, 0.4) is 0 Å². The van der Waals surface area contributed by atoms with Crippen LogP contribution in [0.15, 0.2) is 91.0 Å². The van der Waals surface area contributed by atoms with Gasteiger partial charge in [0.1, 0.15) is 5.82 Å². The first kappa shape index (κ1) is 32.3. The first-order valence-electron chi connectivity index (χ1n) is 18.6. The summed E-state index contributed by atoms with van der Waals surface area (Å²) >= 11 is 3.96. The topological polar surface area (TPSA) is 19.4 Å². The van der Waals surface area contributed by atoms with Gasteiger partial charge in [0.05, 0.1) is 22.8 Å². The standard InChI is InChI=1S/C46H44BN3S2/c1-26-15-19-30(20-16-26)50-38-31-23-27(2)17-21-33(31)51-42(38)47-36-39(35-40(48-43(36)50)46(8,9)25-45(35,6)7)49(29-13-11-10-12-14-29)37-32-24-28(44(3,4)5)18-22-34(32)52-41(37)47/h10-24H,25H2,1-9H3. The number of pyridine rings is 1. The second-order valence-electron chi connectivity index (χ2n) is 17.7. The Labute approximate surface area is 316 Å². The molecule has 258 valence electrons. The summed E-state index contributed by atoms with van der Waals surface area (Å²) in [4.78, 5) is 11.1. The van der Waals surface area contributed by atoms with Crippen LogP contribution in [0, 0.1) is 13.8 Å². The molecule has 0 saturated heterocycles. The maximum Gasteiger partial charge on any atom is 0.279 e. The summed E-state index contributed by atoms with van der Waals surface area (Å²) in [5.74, 6) is 1.08. The van der Waals surface area contributed by atoms with Crippen molar-refractivity contribution in [3.8, 4) is 0 Å². The van der Waals surface area contributed by atoms with Crippen molar-refractivity contribution in [2.75, 3.05) is 9.80 Å². The maximum absolute atomic E-state index is 5.93. The molecule has 3 nitrogen and oxygen atoms in total. The molecule has 0 saturated carbocycles. The van der Waals surface area contributed by atoms with Crippen molar-refractivity contribution in [3.63, 3.8) is 0 Å². The lowest BCUT2D eigenvalue weighted by atomic mass is 9.39. The number of nitrogens with zero attached hydrogens (tertiary/aromatic N) is 3. The summed E-state index contributed by atoms with van der Waals surface area (Å²) in [6.45, 7) is 21.2. The molecule has 6 heteroatoms. The van der Waals surface area contributed by atoms with E-state index in [1.165, 1.54) is 91.6 Å². The molecule has 0 atom stereocenters. The lowest BCUT2D eigenvalue weighted by molar-refractivity contribution is 0.400. The summed E-state index contributed by atoms with van der Waals surface area (Å²) in [5, 5.41) is 2.67. The van der Waals surface area contributed by atoms with Crippen LogP contribution in [0.1, 0.15) is 82.8 Å². The lowest BCUT2D eigenvalue weighted by Crippen LogP contribution is -2.60. The van der Waals surface area contributed by atoms with Crippen molar-refractivity contribution >= 4 is 98.8 Å². The van der Waals surface area contributed by atoms with E-state index < -0.39 is 0 Å². The SMILES string of the molecule is Cc1ccc(N2c3nc4c(c5c3B(c3sc6ccc(C)cc6c32)c2sc3ccc(C(C)(C)C)cc3c2N5c2ccccc2)C(C)(C)CC4(C)C)cc1. The van der Waals surface area contributed by atoms with Crippen LogP contribution in [0.25, 0.3) is 20.2 Å². The second-order valence-corrected chi connectivity index (χ2v) is 19.9. The fourth-order valence-electron chi connectivity index (χ4n) is 9.67. The Morgan fingerprint density at radius 2 is 1.25 bits per heavy atom. The van der Waals surface area contributed by atoms with E-state index in [9.17, 15) is 0 Å². The predicted molar refractivity (Wildman–Crippen MR) is 228 cm³/mol. The van der Waals surface area contributed by atoms with E-state index >= 15 is 0 Å². The minimum absolute atomic E-state index is 0.0351. The van der Waals surface area contributed by atoms with Gasteiger partial charge in [-0.05, 0) is 90.7 Å². The third-order valence-corrected chi connectivity index (χ3v) is 14.2. The Hall–Kier alpha value is -4.39. The number of thiophene rings is 2. The minimum Gasteiger partial charge on any atom is -0.310 e. The van der Waals surface area contributed by atoms with Gasteiger partial charge in [-0.3, -0.25) is 4.90 Å². The van der Waals surface area contributed by atoms with E-state index in [1.807, 2.05) is 22.7 Å². The summed E-state index contributed by atoms with van der Waals surface area (Å²) in [6.07, 6.45) is 1.05. The number of hydrogen-bond donors (Lipinski definition) is 0. The van der Waals surface area contributed by atoms with Crippen LogP contribution in [-0.4, -0.2) is 11.7 Å². The van der Waals surface area contributed by atoms with Gasteiger partial charge in [0.15, 0.2) is 0 Å². The van der Waals surface area contributed by atoms with E-state index in [1.54, 1.807) is 0 Å². The Bertz CT molecular complexity index is 2620. The fraction of sp³-hybridized carbons (Fsp3) is 0.283. The third-order valence-electron chi connectivity index (χ3n) is 11.8. The van der Waals surface area contributed by atoms with Crippen molar-refractivity contribution < 1.29 is 0 Å². The van der Waals surface area contributed by atoms with Gasteiger partial charge in [-0.25, -0.2) is 4.98 Å². The largest absolute Gasteiger partial charge is 0.310 e. The average molecular weight is 714 g/mol. The van der Waals surface area contributed by atoms with Crippen molar-refractivity contribution in [2.45, 2.75) is 85.0 Å². The van der Waals surface area contributed by atoms with Crippen molar-refractivity contribution in [2.24, 2.45) is 0 Å². The van der Waals surface area contributed by atoms with Gasteiger partial charge < -0.3 is 4.90 Å². The first-order valence-corrected chi connectivity index (χ1v) is 20.3. The minimum atomic E-state index is -0.0921. The highest BCUT2D eigenvalue weighted by Crippen LogP contribution is 2.58. The van der Waals surface area contributed by atoms with Crippen LogP contribution in [0.5, 0.6) is 0 Å². The molecule has 0 spiro atoms. The van der Waals surface area contributed by atoms with Gasteiger partial charge in [0.25, 0.3) is 6.71 Å². The van der Waals surface area contributed by atoms with Gasteiger partial charge in [-0.1, -0.05) is 102 Å². The average Bonchev–Trinajstić information content (AvgIpc) is 3.71. The number of rotatable bonds is 2.